The number of carbonyl (C=O) groups is 2. The lowest BCUT2D eigenvalue weighted by atomic mass is 9.84. The SMILES string of the molecule is C[C@@H](CNc1ccc(OC(F)(F)F)cc1)NC(=O)[C@H](CC1CCCCC1)NC(=O)O[C@@H]1CCOC1. The molecule has 1 saturated heterocycles. The maximum atomic E-state index is 13.0. The molecule has 3 atom stereocenters. The Morgan fingerprint density at radius 2 is 1.80 bits per heavy atom. The van der Waals surface area contributed by atoms with Crippen molar-refractivity contribution in [1.82, 2.24) is 10.6 Å². The van der Waals surface area contributed by atoms with Crippen LogP contribution in [0, 0.1) is 5.92 Å². The number of ether oxygens (including phenoxy) is 3. The predicted octanol–water partition coefficient (Wildman–Crippen LogP) is 4.36. The lowest BCUT2D eigenvalue weighted by Gasteiger charge is -2.28. The minimum Gasteiger partial charge on any atom is -0.444 e. The smallest absolute Gasteiger partial charge is 0.444 e. The van der Waals surface area contributed by atoms with Gasteiger partial charge in [0.25, 0.3) is 0 Å². The van der Waals surface area contributed by atoms with Gasteiger partial charge in [0.1, 0.15) is 17.9 Å². The van der Waals surface area contributed by atoms with Gasteiger partial charge < -0.3 is 30.2 Å². The number of benzene rings is 1. The molecule has 3 rings (SSSR count). The molecule has 196 valence electrons. The van der Waals surface area contributed by atoms with Gasteiger partial charge in [0, 0.05) is 24.7 Å². The van der Waals surface area contributed by atoms with Crippen LogP contribution in [0.15, 0.2) is 24.3 Å². The molecule has 1 saturated carbocycles. The van der Waals surface area contributed by atoms with E-state index in [1.54, 1.807) is 6.92 Å². The van der Waals surface area contributed by atoms with E-state index in [0.717, 1.165) is 25.7 Å². The van der Waals surface area contributed by atoms with Crippen molar-refractivity contribution in [2.24, 2.45) is 5.92 Å². The van der Waals surface area contributed by atoms with Crippen molar-refractivity contribution in [2.75, 3.05) is 25.1 Å². The zero-order chi connectivity index (χ0) is 25.3. The summed E-state index contributed by atoms with van der Waals surface area (Å²) in [5.74, 6) is -0.240. The molecule has 0 spiro atoms. The van der Waals surface area contributed by atoms with E-state index in [-0.39, 0.29) is 23.8 Å². The molecule has 2 amide bonds. The van der Waals surface area contributed by atoms with E-state index >= 15 is 0 Å². The zero-order valence-electron chi connectivity index (χ0n) is 19.9. The molecule has 1 aromatic carbocycles. The van der Waals surface area contributed by atoms with Crippen molar-refractivity contribution < 1.29 is 37.0 Å². The minimum atomic E-state index is -4.74. The first kappa shape index (κ1) is 26.9. The van der Waals surface area contributed by atoms with Crippen LogP contribution in [-0.2, 0) is 14.3 Å². The molecular formula is C24H34F3N3O5. The van der Waals surface area contributed by atoms with Crippen molar-refractivity contribution in [3.63, 3.8) is 0 Å². The number of alkyl carbamates (subject to hydrolysis) is 1. The molecule has 0 unspecified atom stereocenters. The van der Waals surface area contributed by atoms with Crippen LogP contribution in [0.3, 0.4) is 0 Å². The zero-order valence-corrected chi connectivity index (χ0v) is 19.9. The van der Waals surface area contributed by atoms with Crippen LogP contribution in [0.1, 0.15) is 51.9 Å². The Bertz CT molecular complexity index is 810. The molecule has 1 aliphatic heterocycles. The highest BCUT2D eigenvalue weighted by Gasteiger charge is 2.31. The summed E-state index contributed by atoms with van der Waals surface area (Å²) in [4.78, 5) is 25.4. The van der Waals surface area contributed by atoms with Gasteiger partial charge in [0.2, 0.25) is 5.91 Å². The molecule has 1 aliphatic carbocycles. The Morgan fingerprint density at radius 1 is 1.09 bits per heavy atom. The van der Waals surface area contributed by atoms with Gasteiger partial charge >= 0.3 is 12.5 Å². The van der Waals surface area contributed by atoms with E-state index < -0.39 is 18.5 Å². The largest absolute Gasteiger partial charge is 0.573 e. The molecule has 0 aromatic heterocycles. The standard InChI is InChI=1S/C24H34F3N3O5/c1-16(14-28-18-7-9-19(10-8-18)35-24(25,26)27)29-22(31)21(13-17-5-3-2-4-6-17)30-23(32)34-20-11-12-33-15-20/h7-10,16-17,20-21,28H,2-6,11-15H2,1H3,(H,29,31)(H,30,32)/t16-,20+,21-/m0/s1. The first-order valence-electron chi connectivity index (χ1n) is 12.1. The molecule has 11 heteroatoms. The summed E-state index contributed by atoms with van der Waals surface area (Å²) < 4.78 is 51.4. The first-order valence-corrected chi connectivity index (χ1v) is 12.1. The Balaban J connectivity index is 1.50. The number of anilines is 1. The van der Waals surface area contributed by atoms with Gasteiger partial charge in [-0.05, 0) is 43.5 Å². The van der Waals surface area contributed by atoms with Gasteiger partial charge in [0.15, 0.2) is 0 Å². The van der Waals surface area contributed by atoms with Gasteiger partial charge in [-0.2, -0.15) is 0 Å². The van der Waals surface area contributed by atoms with E-state index in [0.29, 0.717) is 44.2 Å². The monoisotopic (exact) mass is 501 g/mol. The van der Waals surface area contributed by atoms with Crippen LogP contribution in [0.25, 0.3) is 0 Å². The summed E-state index contributed by atoms with van der Waals surface area (Å²) in [5, 5.41) is 8.72. The second-order valence-corrected chi connectivity index (χ2v) is 9.19. The third kappa shape index (κ3) is 9.83. The first-order chi connectivity index (χ1) is 16.7. The maximum Gasteiger partial charge on any atom is 0.573 e. The highest BCUT2D eigenvalue weighted by atomic mass is 19.4. The molecule has 1 heterocycles. The Kier molecular flexibility index (Phi) is 9.88. The van der Waals surface area contributed by atoms with E-state index in [4.69, 9.17) is 9.47 Å². The van der Waals surface area contributed by atoms with Crippen molar-refractivity contribution in [2.45, 2.75) is 76.4 Å². The molecule has 0 bridgehead atoms. The normalized spacial score (nSPS) is 20.5. The summed E-state index contributed by atoms with van der Waals surface area (Å²) >= 11 is 0. The predicted molar refractivity (Wildman–Crippen MR) is 123 cm³/mol. The summed E-state index contributed by atoms with van der Waals surface area (Å²) in [6.07, 6.45) is 1.01. The molecule has 8 nitrogen and oxygen atoms in total. The van der Waals surface area contributed by atoms with Crippen LogP contribution in [0.5, 0.6) is 5.75 Å². The number of hydrogen-bond acceptors (Lipinski definition) is 6. The fourth-order valence-electron chi connectivity index (χ4n) is 4.36. The summed E-state index contributed by atoms with van der Waals surface area (Å²) in [5.41, 5.74) is 0.583. The molecular weight excluding hydrogens is 467 g/mol. The summed E-state index contributed by atoms with van der Waals surface area (Å²) in [6.45, 7) is 3.05. The van der Waals surface area contributed by atoms with E-state index in [9.17, 15) is 22.8 Å². The van der Waals surface area contributed by atoms with Crippen molar-refractivity contribution in [3.8, 4) is 5.75 Å². The number of halogens is 3. The van der Waals surface area contributed by atoms with E-state index in [1.165, 1.54) is 30.7 Å². The number of nitrogens with one attached hydrogen (secondary N) is 3. The van der Waals surface area contributed by atoms with Crippen molar-refractivity contribution >= 4 is 17.7 Å². The molecule has 3 N–H and O–H groups in total. The highest BCUT2D eigenvalue weighted by molar-refractivity contribution is 5.85. The maximum absolute atomic E-state index is 13.0. The number of alkyl halides is 3. The van der Waals surface area contributed by atoms with E-state index in [1.807, 2.05) is 0 Å². The molecule has 0 radical (unpaired) electrons. The number of hydrogen-bond donors (Lipinski definition) is 3. The van der Waals surface area contributed by atoms with E-state index in [2.05, 4.69) is 20.7 Å². The molecule has 35 heavy (non-hydrogen) atoms. The van der Waals surface area contributed by atoms with Crippen LogP contribution in [0.2, 0.25) is 0 Å². The lowest BCUT2D eigenvalue weighted by Crippen LogP contribution is -2.51. The molecule has 2 aliphatic rings. The van der Waals surface area contributed by atoms with Crippen LogP contribution in [-0.4, -0.2) is 56.3 Å². The van der Waals surface area contributed by atoms with Gasteiger partial charge in [-0.15, -0.1) is 13.2 Å². The highest BCUT2D eigenvalue weighted by Crippen LogP contribution is 2.28. The molecule has 2 fully saturated rings. The topological polar surface area (TPSA) is 97.9 Å². The van der Waals surface area contributed by atoms with Gasteiger partial charge in [-0.3, -0.25) is 4.79 Å². The van der Waals surface area contributed by atoms with Crippen LogP contribution < -0.4 is 20.7 Å². The minimum absolute atomic E-state index is 0.293. The van der Waals surface area contributed by atoms with Crippen molar-refractivity contribution in [1.29, 1.82) is 0 Å². The Hall–Kier alpha value is -2.69. The fourth-order valence-corrected chi connectivity index (χ4v) is 4.36. The number of amides is 2. The Labute approximate surface area is 203 Å². The van der Waals surface area contributed by atoms with Crippen LogP contribution >= 0.6 is 0 Å². The second-order valence-electron chi connectivity index (χ2n) is 9.19. The Morgan fingerprint density at radius 3 is 2.43 bits per heavy atom. The van der Waals surface area contributed by atoms with Crippen molar-refractivity contribution in [3.05, 3.63) is 24.3 Å². The fraction of sp³-hybridized carbons (Fsp3) is 0.667. The molecule has 1 aromatic rings. The average molecular weight is 502 g/mol. The summed E-state index contributed by atoms with van der Waals surface area (Å²) in [7, 11) is 0. The van der Waals surface area contributed by atoms with Gasteiger partial charge in [-0.25, -0.2) is 4.79 Å². The van der Waals surface area contributed by atoms with Gasteiger partial charge in [0.05, 0.1) is 13.2 Å². The summed E-state index contributed by atoms with van der Waals surface area (Å²) in [6, 6.07) is 4.34. The lowest BCUT2D eigenvalue weighted by molar-refractivity contribution is -0.274. The number of rotatable bonds is 10. The second kappa shape index (κ2) is 12.9. The average Bonchev–Trinajstić information content (AvgIpc) is 3.31. The number of carbonyl (C=O) groups excluding carboxylic acids is 2. The van der Waals surface area contributed by atoms with Gasteiger partial charge in [-0.1, -0.05) is 32.1 Å². The quantitative estimate of drug-likeness (QED) is 0.441. The third-order valence-electron chi connectivity index (χ3n) is 6.15. The third-order valence-corrected chi connectivity index (χ3v) is 6.15. The van der Waals surface area contributed by atoms with Crippen LogP contribution in [0.4, 0.5) is 23.7 Å².